The van der Waals surface area contributed by atoms with E-state index in [2.05, 4.69) is 15.3 Å². The Morgan fingerprint density at radius 3 is 3.00 bits per heavy atom. The lowest BCUT2D eigenvalue weighted by atomic mass is 10.2. The lowest BCUT2D eigenvalue weighted by Gasteiger charge is -2.02. The molecule has 1 aromatic heterocycles. The molecule has 2 aromatic rings. The maximum Gasteiger partial charge on any atom is 0.216 e. The van der Waals surface area contributed by atoms with Gasteiger partial charge in [-0.1, -0.05) is 12.1 Å². The number of nitrogens with zero attached hydrogens (tertiary/aromatic N) is 3. The van der Waals surface area contributed by atoms with Gasteiger partial charge in [0.2, 0.25) is 4.77 Å². The molecule has 16 heavy (non-hydrogen) atoms. The number of H-pyrrole nitrogens is 1. The summed E-state index contributed by atoms with van der Waals surface area (Å²) in [5.74, 6) is 0.765. The topological polar surface area (TPSA) is 55.2 Å². The third-order valence-corrected chi connectivity index (χ3v) is 2.27. The minimum atomic E-state index is 0.450. The van der Waals surface area contributed by atoms with Gasteiger partial charge in [0.15, 0.2) is 0 Å². The van der Waals surface area contributed by atoms with Crippen LogP contribution in [-0.4, -0.2) is 28.2 Å². The zero-order valence-corrected chi connectivity index (χ0v) is 9.44. The van der Waals surface area contributed by atoms with Crippen molar-refractivity contribution in [2.75, 3.05) is 7.11 Å². The molecule has 6 heteroatoms. The molecule has 0 saturated heterocycles. The molecule has 0 aliphatic rings. The predicted octanol–water partition coefficient (Wildman–Crippen LogP) is 1.83. The van der Waals surface area contributed by atoms with Gasteiger partial charge in [-0.15, -0.1) is 0 Å². The van der Waals surface area contributed by atoms with Gasteiger partial charge in [-0.05, 0) is 24.4 Å². The predicted molar refractivity (Wildman–Crippen MR) is 63.4 cm³/mol. The number of benzene rings is 1. The molecule has 0 atom stereocenters. The summed E-state index contributed by atoms with van der Waals surface area (Å²) in [6, 6.07) is 7.60. The van der Waals surface area contributed by atoms with Crippen molar-refractivity contribution in [1.29, 1.82) is 0 Å². The van der Waals surface area contributed by atoms with Gasteiger partial charge in [-0.2, -0.15) is 14.9 Å². The van der Waals surface area contributed by atoms with Crippen LogP contribution in [0, 0.1) is 4.77 Å². The second-order valence-electron chi connectivity index (χ2n) is 2.99. The number of ether oxygens (including phenoxy) is 1. The highest BCUT2D eigenvalue weighted by molar-refractivity contribution is 7.71. The Hall–Kier alpha value is -1.95. The average Bonchev–Trinajstić information content (AvgIpc) is 2.72. The maximum atomic E-state index is 5.20. The third-order valence-electron chi connectivity index (χ3n) is 2.00. The number of hydrogen-bond donors (Lipinski definition) is 1. The Labute approximate surface area is 97.4 Å². The minimum absolute atomic E-state index is 0.450. The average molecular weight is 234 g/mol. The van der Waals surface area contributed by atoms with Crippen molar-refractivity contribution >= 4 is 18.4 Å². The molecule has 1 aromatic carbocycles. The van der Waals surface area contributed by atoms with Gasteiger partial charge >= 0.3 is 0 Å². The largest absolute Gasteiger partial charge is 0.496 e. The molecule has 0 fully saturated rings. The molecule has 2 rings (SSSR count). The van der Waals surface area contributed by atoms with Crippen molar-refractivity contribution in [1.82, 2.24) is 14.9 Å². The first-order valence-electron chi connectivity index (χ1n) is 4.60. The summed E-state index contributed by atoms with van der Waals surface area (Å²) in [5, 5.41) is 10.5. The van der Waals surface area contributed by atoms with Crippen molar-refractivity contribution in [3.05, 3.63) is 40.9 Å². The number of rotatable bonds is 3. The Morgan fingerprint density at radius 1 is 1.50 bits per heavy atom. The van der Waals surface area contributed by atoms with Crippen molar-refractivity contribution in [2.24, 2.45) is 5.10 Å². The molecule has 82 valence electrons. The zero-order valence-electron chi connectivity index (χ0n) is 8.62. The molecule has 5 nitrogen and oxygen atoms in total. The zero-order chi connectivity index (χ0) is 11.4. The van der Waals surface area contributed by atoms with Gasteiger partial charge in [-0.25, -0.2) is 0 Å². The Morgan fingerprint density at radius 2 is 2.31 bits per heavy atom. The van der Waals surface area contributed by atoms with Gasteiger partial charge in [0.05, 0.1) is 13.3 Å². The highest BCUT2D eigenvalue weighted by atomic mass is 32.1. The quantitative estimate of drug-likeness (QED) is 0.651. The molecule has 1 heterocycles. The fraction of sp³-hybridized carbons (Fsp3) is 0.100. The minimum Gasteiger partial charge on any atom is -0.496 e. The monoisotopic (exact) mass is 234 g/mol. The summed E-state index contributed by atoms with van der Waals surface area (Å²) in [6.07, 6.45) is 3.18. The highest BCUT2D eigenvalue weighted by Gasteiger charge is 1.97. The van der Waals surface area contributed by atoms with Crippen molar-refractivity contribution in [2.45, 2.75) is 0 Å². The van der Waals surface area contributed by atoms with E-state index in [0.29, 0.717) is 4.77 Å². The summed E-state index contributed by atoms with van der Waals surface area (Å²) in [6.45, 7) is 0. The van der Waals surface area contributed by atoms with E-state index in [0.717, 1.165) is 11.3 Å². The molecule has 0 amide bonds. The number of methoxy groups -OCH3 is 1. The van der Waals surface area contributed by atoms with Crippen LogP contribution in [0.2, 0.25) is 0 Å². The second kappa shape index (κ2) is 4.71. The normalized spacial score (nSPS) is 10.8. The maximum absolute atomic E-state index is 5.20. The van der Waals surface area contributed by atoms with Crippen molar-refractivity contribution in [3.8, 4) is 5.75 Å². The molecule has 0 bridgehead atoms. The van der Waals surface area contributed by atoms with Crippen LogP contribution < -0.4 is 4.74 Å². The first kappa shape index (κ1) is 10.6. The Bertz CT molecular complexity index is 558. The number of nitrogens with one attached hydrogen (secondary N) is 1. The van der Waals surface area contributed by atoms with Crippen LogP contribution in [0.25, 0.3) is 0 Å². The van der Waals surface area contributed by atoms with E-state index in [4.69, 9.17) is 17.0 Å². The van der Waals surface area contributed by atoms with E-state index in [-0.39, 0.29) is 0 Å². The van der Waals surface area contributed by atoms with Gasteiger partial charge in [0.25, 0.3) is 0 Å². The van der Waals surface area contributed by atoms with Crippen molar-refractivity contribution in [3.63, 3.8) is 0 Å². The summed E-state index contributed by atoms with van der Waals surface area (Å²) in [5.41, 5.74) is 0.883. The molecular weight excluding hydrogens is 224 g/mol. The fourth-order valence-corrected chi connectivity index (χ4v) is 1.37. The summed E-state index contributed by atoms with van der Waals surface area (Å²) in [7, 11) is 1.62. The van der Waals surface area contributed by atoms with E-state index in [9.17, 15) is 0 Å². The number of aromatic amines is 1. The summed E-state index contributed by atoms with van der Waals surface area (Å²) >= 11 is 4.96. The van der Waals surface area contributed by atoms with Gasteiger partial charge in [0.1, 0.15) is 12.1 Å². The number of aromatic nitrogens is 3. The molecule has 0 aliphatic heterocycles. The summed E-state index contributed by atoms with van der Waals surface area (Å²) in [4.78, 5) is 0. The van der Waals surface area contributed by atoms with Crippen LogP contribution >= 0.6 is 12.2 Å². The van der Waals surface area contributed by atoms with Crippen LogP contribution in [-0.2, 0) is 0 Å². The SMILES string of the molecule is COc1ccccc1C=Nn1cn[nH]c1=S. The van der Waals surface area contributed by atoms with E-state index >= 15 is 0 Å². The van der Waals surface area contributed by atoms with E-state index in [1.165, 1.54) is 11.0 Å². The van der Waals surface area contributed by atoms with Crippen LogP contribution in [0.15, 0.2) is 35.7 Å². The smallest absolute Gasteiger partial charge is 0.216 e. The van der Waals surface area contributed by atoms with E-state index in [1.807, 2.05) is 24.3 Å². The molecule has 0 aliphatic carbocycles. The Kier molecular flexibility index (Phi) is 3.11. The highest BCUT2D eigenvalue weighted by Crippen LogP contribution is 2.14. The van der Waals surface area contributed by atoms with E-state index < -0.39 is 0 Å². The van der Waals surface area contributed by atoms with Crippen LogP contribution in [0.5, 0.6) is 5.75 Å². The summed E-state index contributed by atoms with van der Waals surface area (Å²) < 4.78 is 7.12. The molecule has 0 saturated carbocycles. The third kappa shape index (κ3) is 2.17. The van der Waals surface area contributed by atoms with Gasteiger partial charge in [0, 0.05) is 5.56 Å². The Balaban J connectivity index is 2.30. The van der Waals surface area contributed by atoms with Crippen molar-refractivity contribution < 1.29 is 4.74 Å². The first-order chi connectivity index (χ1) is 7.81. The number of hydrogen-bond acceptors (Lipinski definition) is 4. The molecule has 1 N–H and O–H groups in total. The lowest BCUT2D eigenvalue weighted by Crippen LogP contribution is -1.92. The first-order valence-corrected chi connectivity index (χ1v) is 5.01. The van der Waals surface area contributed by atoms with Gasteiger partial charge in [-0.3, -0.25) is 5.10 Å². The molecular formula is C10H10N4OS. The van der Waals surface area contributed by atoms with Crippen LogP contribution in [0.1, 0.15) is 5.56 Å². The van der Waals surface area contributed by atoms with Crippen LogP contribution in [0.3, 0.4) is 0 Å². The van der Waals surface area contributed by atoms with E-state index in [1.54, 1.807) is 13.3 Å². The molecule has 0 unspecified atom stereocenters. The second-order valence-corrected chi connectivity index (χ2v) is 3.38. The van der Waals surface area contributed by atoms with Crippen LogP contribution in [0.4, 0.5) is 0 Å². The standard InChI is InChI=1S/C10H10N4OS/c1-15-9-5-3-2-4-8(9)6-12-14-7-11-13-10(14)16/h2-7H,1H3,(H,13,16). The lowest BCUT2D eigenvalue weighted by molar-refractivity contribution is 0.414. The molecule has 0 radical (unpaired) electrons. The molecule has 0 spiro atoms. The fourth-order valence-electron chi connectivity index (χ4n) is 1.22. The van der Waals surface area contributed by atoms with Gasteiger partial charge < -0.3 is 4.74 Å². The number of para-hydroxylation sites is 1.